The van der Waals surface area contributed by atoms with E-state index in [-0.39, 0.29) is 0 Å². The highest BCUT2D eigenvalue weighted by Gasteiger charge is 2.13. The number of nitrogens with zero attached hydrogens (tertiary/aromatic N) is 7. The summed E-state index contributed by atoms with van der Waals surface area (Å²) >= 11 is 0. The van der Waals surface area contributed by atoms with Gasteiger partial charge in [-0.1, -0.05) is 69.9 Å². The number of unbranched alkanes of at least 4 members (excludes halogenated alkanes) is 4. The number of nitrogens with one attached hydrogen (secondary N) is 1. The van der Waals surface area contributed by atoms with Crippen molar-refractivity contribution in [3.8, 4) is 22.6 Å². The van der Waals surface area contributed by atoms with Crippen molar-refractivity contribution in [3.63, 3.8) is 0 Å². The fourth-order valence-corrected chi connectivity index (χ4v) is 3.96. The molecule has 33 heavy (non-hydrogen) atoms. The fourth-order valence-electron chi connectivity index (χ4n) is 3.96. The average molecular weight is 445 g/mol. The first kappa shape index (κ1) is 22.8. The van der Waals surface area contributed by atoms with E-state index in [4.69, 9.17) is 10.1 Å². The van der Waals surface area contributed by atoms with Crippen LogP contribution in [0.4, 0.5) is 0 Å². The molecule has 0 bridgehead atoms. The summed E-state index contributed by atoms with van der Waals surface area (Å²) in [6.45, 7) is 5.19. The Morgan fingerprint density at radius 3 is 2.42 bits per heavy atom. The second kappa shape index (κ2) is 11.4. The maximum Gasteiger partial charge on any atom is 0.198 e. The Morgan fingerprint density at radius 1 is 0.909 bits per heavy atom. The van der Waals surface area contributed by atoms with Gasteiger partial charge in [-0.15, -0.1) is 5.10 Å². The van der Waals surface area contributed by atoms with Crippen LogP contribution in [-0.4, -0.2) is 40.4 Å². The van der Waals surface area contributed by atoms with Crippen molar-refractivity contribution < 1.29 is 0 Å². The molecule has 4 aromatic rings. The lowest BCUT2D eigenvalue weighted by Crippen LogP contribution is -2.07. The summed E-state index contributed by atoms with van der Waals surface area (Å²) in [4.78, 5) is 9.35. The van der Waals surface area contributed by atoms with E-state index in [1.807, 2.05) is 12.1 Å². The van der Waals surface area contributed by atoms with E-state index in [0.717, 1.165) is 60.7 Å². The van der Waals surface area contributed by atoms with E-state index in [1.165, 1.54) is 31.2 Å². The Kier molecular flexibility index (Phi) is 7.90. The number of aryl methyl sites for hydroxylation is 2. The zero-order chi connectivity index (χ0) is 22.9. The summed E-state index contributed by atoms with van der Waals surface area (Å²) in [5, 5.41) is 19.0. The molecule has 0 aliphatic carbocycles. The minimum atomic E-state index is 0.560. The largest absolute Gasteiger partial charge is 0.252 e. The van der Waals surface area contributed by atoms with Gasteiger partial charge in [-0.25, -0.2) is 14.8 Å². The zero-order valence-electron chi connectivity index (χ0n) is 19.5. The lowest BCUT2D eigenvalue weighted by molar-refractivity contribution is 0.601. The van der Waals surface area contributed by atoms with Gasteiger partial charge in [0.2, 0.25) is 0 Å². The molecule has 0 fully saturated rings. The molecular formula is C25H32N8. The molecule has 0 amide bonds. The van der Waals surface area contributed by atoms with E-state index in [9.17, 15) is 0 Å². The van der Waals surface area contributed by atoms with Crippen LogP contribution in [-0.2, 0) is 19.4 Å². The normalized spacial score (nSPS) is 11.2. The number of hydrogen-bond acceptors (Lipinski definition) is 6. The number of rotatable bonds is 12. The van der Waals surface area contributed by atoms with Gasteiger partial charge in [-0.2, -0.15) is 5.10 Å². The Balaban J connectivity index is 1.52. The average Bonchev–Trinajstić information content (AvgIpc) is 3.51. The van der Waals surface area contributed by atoms with Crippen LogP contribution in [0.2, 0.25) is 0 Å². The topological polar surface area (TPSA) is 98.1 Å². The highest BCUT2D eigenvalue weighted by atomic mass is 15.5. The fraction of sp³-hybridized carbons (Fsp3) is 0.440. The molecule has 0 saturated heterocycles. The van der Waals surface area contributed by atoms with Gasteiger partial charge in [-0.3, -0.25) is 4.98 Å². The molecule has 0 aliphatic rings. The van der Waals surface area contributed by atoms with Gasteiger partial charge in [0.15, 0.2) is 11.6 Å². The van der Waals surface area contributed by atoms with Crippen LogP contribution in [0.5, 0.6) is 0 Å². The molecule has 0 unspecified atom stereocenters. The molecule has 0 atom stereocenters. The quantitative estimate of drug-likeness (QED) is 0.308. The number of tetrazole rings is 1. The third kappa shape index (κ3) is 5.88. The summed E-state index contributed by atoms with van der Waals surface area (Å²) in [5.41, 5.74) is 4.00. The second-order valence-corrected chi connectivity index (χ2v) is 8.36. The van der Waals surface area contributed by atoms with Crippen molar-refractivity contribution in [2.24, 2.45) is 0 Å². The zero-order valence-corrected chi connectivity index (χ0v) is 19.5. The number of hydrogen-bond donors (Lipinski definition) is 1. The van der Waals surface area contributed by atoms with Crippen LogP contribution in [0, 0.1) is 0 Å². The molecule has 0 saturated carbocycles. The molecule has 0 spiro atoms. The molecule has 8 nitrogen and oxygen atoms in total. The van der Waals surface area contributed by atoms with Gasteiger partial charge in [0.1, 0.15) is 11.5 Å². The summed E-state index contributed by atoms with van der Waals surface area (Å²) in [7, 11) is 0. The molecule has 172 valence electrons. The van der Waals surface area contributed by atoms with Gasteiger partial charge in [0.25, 0.3) is 0 Å². The molecule has 4 rings (SSSR count). The Labute approximate surface area is 194 Å². The molecule has 8 heteroatoms. The van der Waals surface area contributed by atoms with Gasteiger partial charge >= 0.3 is 0 Å². The maximum atomic E-state index is 4.88. The van der Waals surface area contributed by atoms with Gasteiger partial charge in [0.05, 0.1) is 6.54 Å². The molecule has 3 heterocycles. The minimum Gasteiger partial charge on any atom is -0.252 e. The number of pyridine rings is 1. The third-order valence-electron chi connectivity index (χ3n) is 5.77. The standard InChI is InChI=1S/C25H32N8/c1-3-5-7-11-22-27-23(12-8-6-4-2)33(30-22)18-19-13-15-20(16-14-19)21-10-9-17-26-24(21)25-28-31-32-29-25/h9-10,13-17H,3-8,11-12,18H2,1-2H3,(H,28,29,31,32). The molecule has 3 aromatic heterocycles. The van der Waals surface area contributed by atoms with Crippen LogP contribution >= 0.6 is 0 Å². The van der Waals surface area contributed by atoms with Crippen molar-refractivity contribution in [3.05, 3.63) is 59.8 Å². The monoisotopic (exact) mass is 444 g/mol. The lowest BCUT2D eigenvalue weighted by Gasteiger charge is -2.09. The van der Waals surface area contributed by atoms with E-state index >= 15 is 0 Å². The van der Waals surface area contributed by atoms with Crippen molar-refractivity contribution in [2.45, 2.75) is 71.8 Å². The minimum absolute atomic E-state index is 0.560. The molecule has 0 aliphatic heterocycles. The summed E-state index contributed by atoms with van der Waals surface area (Å²) in [6, 6.07) is 12.5. The van der Waals surface area contributed by atoms with E-state index < -0.39 is 0 Å². The Hall–Kier alpha value is -3.42. The Morgan fingerprint density at radius 2 is 1.70 bits per heavy atom. The van der Waals surface area contributed by atoms with Gasteiger partial charge in [-0.05, 0) is 40.5 Å². The SMILES string of the molecule is CCCCCc1nc(CCCCC)n(Cc2ccc(-c3cccnc3-c3nnn[nH]3)cc2)n1. The molecule has 1 N–H and O–H groups in total. The highest BCUT2D eigenvalue weighted by Crippen LogP contribution is 2.28. The predicted octanol–water partition coefficient (Wildman–Crippen LogP) is 5.03. The van der Waals surface area contributed by atoms with Crippen LogP contribution in [0.15, 0.2) is 42.6 Å². The predicted molar refractivity (Wildman–Crippen MR) is 128 cm³/mol. The smallest absolute Gasteiger partial charge is 0.198 e. The number of H-pyrrole nitrogens is 1. The third-order valence-corrected chi connectivity index (χ3v) is 5.77. The van der Waals surface area contributed by atoms with E-state index in [2.05, 4.69) is 68.4 Å². The van der Waals surface area contributed by atoms with Crippen LogP contribution in [0.1, 0.15) is 69.6 Å². The number of aromatic nitrogens is 8. The second-order valence-electron chi connectivity index (χ2n) is 8.36. The van der Waals surface area contributed by atoms with Crippen LogP contribution in [0.25, 0.3) is 22.6 Å². The summed E-state index contributed by atoms with van der Waals surface area (Å²) in [6.07, 6.45) is 10.9. The molecule has 0 radical (unpaired) electrons. The van der Waals surface area contributed by atoms with Gasteiger partial charge < -0.3 is 0 Å². The van der Waals surface area contributed by atoms with Crippen molar-refractivity contribution in [1.29, 1.82) is 0 Å². The van der Waals surface area contributed by atoms with E-state index in [0.29, 0.717) is 5.82 Å². The first-order valence-electron chi connectivity index (χ1n) is 12.0. The number of aromatic amines is 1. The van der Waals surface area contributed by atoms with E-state index in [1.54, 1.807) is 6.20 Å². The number of benzene rings is 1. The summed E-state index contributed by atoms with van der Waals surface area (Å²) < 4.78 is 2.10. The van der Waals surface area contributed by atoms with Crippen LogP contribution < -0.4 is 0 Å². The summed E-state index contributed by atoms with van der Waals surface area (Å²) in [5.74, 6) is 2.64. The molecule has 1 aromatic carbocycles. The van der Waals surface area contributed by atoms with Crippen molar-refractivity contribution in [1.82, 2.24) is 40.4 Å². The van der Waals surface area contributed by atoms with Gasteiger partial charge in [0, 0.05) is 24.6 Å². The highest BCUT2D eigenvalue weighted by molar-refractivity contribution is 5.77. The first-order valence-corrected chi connectivity index (χ1v) is 12.0. The van der Waals surface area contributed by atoms with Crippen molar-refractivity contribution in [2.75, 3.05) is 0 Å². The first-order chi connectivity index (χ1) is 16.3. The Bertz CT molecular complexity index is 1120. The van der Waals surface area contributed by atoms with Crippen LogP contribution in [0.3, 0.4) is 0 Å². The lowest BCUT2D eigenvalue weighted by atomic mass is 10.0. The molecular weight excluding hydrogens is 412 g/mol. The van der Waals surface area contributed by atoms with Crippen molar-refractivity contribution >= 4 is 0 Å². The maximum absolute atomic E-state index is 4.88.